The molecule has 9 nitrogen and oxygen atoms in total. The summed E-state index contributed by atoms with van der Waals surface area (Å²) in [5, 5.41) is 19.8. The SMILES string of the molecule is NS(=O)(=O)c1ccc(NNC(=S)N[C@H]2C[C@H]3CC[C@H]2C3)c([N+](=O)[O-])c1. The van der Waals surface area contributed by atoms with Gasteiger partial charge in [0.1, 0.15) is 5.69 Å². The summed E-state index contributed by atoms with van der Waals surface area (Å²) in [5.41, 5.74) is 5.06. The number of hydrazine groups is 1. The molecular weight excluding hydrogens is 366 g/mol. The number of hydrogen-bond acceptors (Lipinski definition) is 6. The Kier molecular flexibility index (Phi) is 4.80. The van der Waals surface area contributed by atoms with Crippen molar-refractivity contribution in [3.8, 4) is 0 Å². The Bertz CT molecular complexity index is 813. The Morgan fingerprint density at radius 1 is 1.32 bits per heavy atom. The molecule has 2 aliphatic rings. The van der Waals surface area contributed by atoms with Crippen molar-refractivity contribution in [1.29, 1.82) is 0 Å². The number of fused-ring (bicyclic) bond motifs is 2. The van der Waals surface area contributed by atoms with Crippen LogP contribution in [0.4, 0.5) is 11.4 Å². The summed E-state index contributed by atoms with van der Waals surface area (Å²) in [6.45, 7) is 0. The van der Waals surface area contributed by atoms with Gasteiger partial charge in [0, 0.05) is 12.1 Å². The molecule has 5 N–H and O–H groups in total. The van der Waals surface area contributed by atoms with E-state index in [4.69, 9.17) is 17.4 Å². The van der Waals surface area contributed by atoms with Crippen molar-refractivity contribution < 1.29 is 13.3 Å². The van der Waals surface area contributed by atoms with Crippen LogP contribution in [0.25, 0.3) is 0 Å². The molecule has 2 bridgehead atoms. The minimum Gasteiger partial charge on any atom is -0.358 e. The summed E-state index contributed by atoms with van der Waals surface area (Å²) >= 11 is 5.23. The lowest BCUT2D eigenvalue weighted by Crippen LogP contribution is -2.46. The number of nitrogens with two attached hydrogens (primary N) is 1. The minimum atomic E-state index is -4.02. The second-order valence-corrected chi connectivity index (χ2v) is 8.46. The summed E-state index contributed by atoms with van der Waals surface area (Å²) in [5.74, 6) is 1.40. The molecule has 1 aromatic rings. The quantitative estimate of drug-likeness (QED) is 0.337. The molecule has 3 rings (SSSR count). The first-order valence-electron chi connectivity index (χ1n) is 7.88. The predicted molar refractivity (Wildman–Crippen MR) is 96.2 cm³/mol. The maximum absolute atomic E-state index is 11.3. The fourth-order valence-electron chi connectivity index (χ4n) is 3.70. The molecule has 0 heterocycles. The summed E-state index contributed by atoms with van der Waals surface area (Å²) in [7, 11) is -4.02. The number of nitro benzene ring substituents is 1. The van der Waals surface area contributed by atoms with Crippen LogP contribution in [-0.4, -0.2) is 24.5 Å². The lowest BCUT2D eigenvalue weighted by Gasteiger charge is -2.24. The van der Waals surface area contributed by atoms with Crippen LogP contribution in [0.5, 0.6) is 0 Å². The number of sulfonamides is 1. The van der Waals surface area contributed by atoms with Crippen LogP contribution in [0.3, 0.4) is 0 Å². The molecule has 0 saturated heterocycles. The zero-order valence-electron chi connectivity index (χ0n) is 13.3. The molecule has 0 aliphatic heterocycles. The highest BCUT2D eigenvalue weighted by Gasteiger charge is 2.39. The standard InChI is InChI=1S/C14H19N5O4S2/c15-25(22,23)10-3-4-11(13(7-10)19(20)21)17-18-14(24)16-12-6-8-1-2-9(12)5-8/h3-4,7-9,12,17H,1-2,5-6H2,(H2,15,22,23)(H2,16,18,24)/t8-,9-,12-/m0/s1. The number of nitro groups is 1. The van der Waals surface area contributed by atoms with Crippen LogP contribution in [0.1, 0.15) is 25.7 Å². The van der Waals surface area contributed by atoms with E-state index in [0.717, 1.165) is 18.4 Å². The lowest BCUT2D eigenvalue weighted by atomic mass is 9.96. The van der Waals surface area contributed by atoms with Gasteiger partial charge in [-0.2, -0.15) is 0 Å². The maximum Gasteiger partial charge on any atom is 0.295 e. The zero-order valence-corrected chi connectivity index (χ0v) is 14.9. The van der Waals surface area contributed by atoms with E-state index in [1.165, 1.54) is 31.4 Å². The third kappa shape index (κ3) is 3.99. The molecule has 0 amide bonds. The first-order valence-corrected chi connectivity index (χ1v) is 9.83. The number of primary sulfonamides is 1. The first kappa shape index (κ1) is 17.8. The second kappa shape index (κ2) is 6.73. The van der Waals surface area contributed by atoms with Crippen molar-refractivity contribution in [1.82, 2.24) is 10.7 Å². The number of nitrogens with zero attached hydrogens (tertiary/aromatic N) is 1. The number of nitrogens with one attached hydrogen (secondary N) is 3. The van der Waals surface area contributed by atoms with E-state index in [1.807, 2.05) is 0 Å². The summed E-state index contributed by atoms with van der Waals surface area (Å²) in [6.07, 6.45) is 4.81. The number of hydrogen-bond donors (Lipinski definition) is 4. The number of thiocarbonyl (C=S) groups is 1. The Hall–Kier alpha value is -1.98. The third-order valence-electron chi connectivity index (χ3n) is 4.86. The van der Waals surface area contributed by atoms with E-state index >= 15 is 0 Å². The van der Waals surface area contributed by atoms with Crippen LogP contribution in [-0.2, 0) is 10.0 Å². The van der Waals surface area contributed by atoms with Crippen LogP contribution in [0.2, 0.25) is 0 Å². The Labute approximate surface area is 150 Å². The largest absolute Gasteiger partial charge is 0.358 e. The summed E-state index contributed by atoms with van der Waals surface area (Å²) < 4.78 is 22.7. The topological polar surface area (TPSA) is 139 Å². The van der Waals surface area contributed by atoms with Gasteiger partial charge in [-0.1, -0.05) is 6.42 Å². The van der Waals surface area contributed by atoms with Crippen LogP contribution in [0.15, 0.2) is 23.1 Å². The number of rotatable bonds is 5. The third-order valence-corrected chi connectivity index (χ3v) is 5.99. The van der Waals surface area contributed by atoms with Crippen molar-refractivity contribution in [2.75, 3.05) is 5.43 Å². The summed E-state index contributed by atoms with van der Waals surface area (Å²) in [6, 6.07) is 3.70. The van der Waals surface area contributed by atoms with Gasteiger partial charge < -0.3 is 5.32 Å². The van der Waals surface area contributed by atoms with Gasteiger partial charge in [-0.3, -0.25) is 21.0 Å². The van der Waals surface area contributed by atoms with Crippen LogP contribution < -0.4 is 21.3 Å². The van der Waals surface area contributed by atoms with Gasteiger partial charge in [-0.25, -0.2) is 13.6 Å². The normalized spacial score (nSPS) is 24.8. The molecule has 2 aliphatic carbocycles. The molecule has 0 unspecified atom stereocenters. The van der Waals surface area contributed by atoms with E-state index < -0.39 is 20.6 Å². The number of benzene rings is 1. The Morgan fingerprint density at radius 3 is 2.64 bits per heavy atom. The fraction of sp³-hybridized carbons (Fsp3) is 0.500. The summed E-state index contributed by atoms with van der Waals surface area (Å²) in [4.78, 5) is 10.1. The lowest BCUT2D eigenvalue weighted by molar-refractivity contribution is -0.384. The van der Waals surface area contributed by atoms with Crippen molar-refractivity contribution >= 4 is 38.7 Å². The maximum atomic E-state index is 11.3. The van der Waals surface area contributed by atoms with Gasteiger partial charge in [-0.15, -0.1) is 0 Å². The molecule has 0 aromatic heterocycles. The molecule has 3 atom stereocenters. The molecule has 2 fully saturated rings. The van der Waals surface area contributed by atoms with Crippen LogP contribution >= 0.6 is 12.2 Å². The van der Waals surface area contributed by atoms with Crippen molar-refractivity contribution in [3.05, 3.63) is 28.3 Å². The molecule has 11 heteroatoms. The monoisotopic (exact) mass is 385 g/mol. The Morgan fingerprint density at radius 2 is 2.08 bits per heavy atom. The first-order chi connectivity index (χ1) is 11.7. The van der Waals surface area contributed by atoms with E-state index in [2.05, 4.69) is 16.2 Å². The highest BCUT2D eigenvalue weighted by molar-refractivity contribution is 7.89. The molecule has 2 saturated carbocycles. The predicted octanol–water partition coefficient (Wildman–Crippen LogP) is 1.22. The highest BCUT2D eigenvalue weighted by atomic mass is 32.2. The molecule has 1 aromatic carbocycles. The highest BCUT2D eigenvalue weighted by Crippen LogP contribution is 2.44. The van der Waals surface area contributed by atoms with Gasteiger partial charge >= 0.3 is 0 Å². The van der Waals surface area contributed by atoms with Crippen molar-refractivity contribution in [2.45, 2.75) is 36.6 Å². The van der Waals surface area contributed by atoms with E-state index in [1.54, 1.807) is 0 Å². The zero-order chi connectivity index (χ0) is 18.2. The number of anilines is 1. The smallest absolute Gasteiger partial charge is 0.295 e. The van der Waals surface area contributed by atoms with Crippen molar-refractivity contribution in [2.24, 2.45) is 17.0 Å². The van der Waals surface area contributed by atoms with Gasteiger partial charge in [0.25, 0.3) is 5.69 Å². The van der Waals surface area contributed by atoms with Crippen molar-refractivity contribution in [3.63, 3.8) is 0 Å². The van der Waals surface area contributed by atoms with Gasteiger partial charge in [0.05, 0.1) is 9.82 Å². The Balaban J connectivity index is 1.64. The average molecular weight is 385 g/mol. The van der Waals surface area contributed by atoms with E-state index in [-0.39, 0.29) is 10.6 Å². The van der Waals surface area contributed by atoms with E-state index in [0.29, 0.717) is 17.1 Å². The van der Waals surface area contributed by atoms with Gasteiger partial charge in [0.2, 0.25) is 10.0 Å². The van der Waals surface area contributed by atoms with Gasteiger partial charge in [-0.05, 0) is 55.4 Å². The van der Waals surface area contributed by atoms with E-state index in [9.17, 15) is 18.5 Å². The molecule has 0 spiro atoms. The minimum absolute atomic E-state index is 0.0921. The molecule has 136 valence electrons. The van der Waals surface area contributed by atoms with Gasteiger partial charge in [0.15, 0.2) is 5.11 Å². The fourth-order valence-corrected chi connectivity index (χ4v) is 4.43. The second-order valence-electron chi connectivity index (χ2n) is 6.49. The molecular formula is C14H19N5O4S2. The average Bonchev–Trinajstić information content (AvgIpc) is 3.14. The molecule has 25 heavy (non-hydrogen) atoms. The van der Waals surface area contributed by atoms with Crippen LogP contribution in [0, 0.1) is 22.0 Å². The molecule has 0 radical (unpaired) electrons.